The summed E-state index contributed by atoms with van der Waals surface area (Å²) in [6.45, 7) is 11.3. The third kappa shape index (κ3) is 5.16. The highest BCUT2D eigenvalue weighted by Gasteiger charge is 2.35. The maximum absolute atomic E-state index is 13.1. The maximum Gasteiger partial charge on any atom is 0.231 e. The summed E-state index contributed by atoms with van der Waals surface area (Å²) in [7, 11) is 0. The summed E-state index contributed by atoms with van der Waals surface area (Å²) >= 11 is 0. The summed E-state index contributed by atoms with van der Waals surface area (Å²) in [6, 6.07) is 16.7. The highest BCUT2D eigenvalue weighted by molar-refractivity contribution is 5.85. The summed E-state index contributed by atoms with van der Waals surface area (Å²) in [6.07, 6.45) is 4.18. The molecule has 1 amide bonds. The Balaban J connectivity index is 1.08. The number of amides is 1. The van der Waals surface area contributed by atoms with E-state index in [2.05, 4.69) is 70.3 Å². The quantitative estimate of drug-likeness (QED) is 0.540. The maximum atomic E-state index is 13.1. The lowest BCUT2D eigenvalue weighted by atomic mass is 10.0. The number of ether oxygens (including phenoxy) is 2. The Morgan fingerprint density at radius 1 is 1.00 bits per heavy atom. The number of carbonyl (C=O) groups excluding carboxylic acids is 1. The van der Waals surface area contributed by atoms with Gasteiger partial charge in [0.25, 0.3) is 0 Å². The molecular formula is C29H38N4O3. The predicted octanol–water partition coefficient (Wildman–Crippen LogP) is 3.82. The number of nitrogens with zero attached hydrogens (tertiary/aromatic N) is 3. The van der Waals surface area contributed by atoms with E-state index in [4.69, 9.17) is 9.47 Å². The van der Waals surface area contributed by atoms with E-state index in [1.807, 2.05) is 18.2 Å². The molecule has 0 saturated carbocycles. The van der Waals surface area contributed by atoms with Gasteiger partial charge in [0.15, 0.2) is 11.5 Å². The van der Waals surface area contributed by atoms with Crippen molar-refractivity contribution in [2.24, 2.45) is 5.92 Å². The van der Waals surface area contributed by atoms with E-state index in [0.29, 0.717) is 13.3 Å². The Morgan fingerprint density at radius 2 is 1.81 bits per heavy atom. The first-order valence-corrected chi connectivity index (χ1v) is 13.3. The van der Waals surface area contributed by atoms with Crippen LogP contribution in [0.3, 0.4) is 0 Å². The zero-order valence-corrected chi connectivity index (χ0v) is 21.5. The molecule has 36 heavy (non-hydrogen) atoms. The number of nitrogens with one attached hydrogen (secondary N) is 1. The monoisotopic (exact) mass is 490 g/mol. The molecule has 7 nitrogen and oxygen atoms in total. The Kier molecular flexibility index (Phi) is 7.66. The van der Waals surface area contributed by atoms with E-state index in [0.717, 1.165) is 69.3 Å². The van der Waals surface area contributed by atoms with Gasteiger partial charge < -0.3 is 24.6 Å². The van der Waals surface area contributed by atoms with Crippen LogP contribution in [0.5, 0.6) is 11.5 Å². The summed E-state index contributed by atoms with van der Waals surface area (Å²) < 4.78 is 11.2. The minimum Gasteiger partial charge on any atom is -0.454 e. The highest BCUT2D eigenvalue weighted by Crippen LogP contribution is 2.41. The van der Waals surface area contributed by atoms with E-state index in [1.54, 1.807) is 0 Å². The average Bonchev–Trinajstić information content (AvgIpc) is 3.52. The third-order valence-electron chi connectivity index (χ3n) is 7.53. The van der Waals surface area contributed by atoms with Gasteiger partial charge in [-0.05, 0) is 50.1 Å². The summed E-state index contributed by atoms with van der Waals surface area (Å²) in [5.41, 5.74) is 3.50. The second-order valence-electron chi connectivity index (χ2n) is 9.86. The summed E-state index contributed by atoms with van der Waals surface area (Å²) in [5, 5.41) is 3.21. The number of anilines is 1. The molecule has 1 saturated heterocycles. The molecular weight excluding hydrogens is 452 g/mol. The fraction of sp³-hybridized carbons (Fsp3) is 0.483. The molecule has 5 rings (SSSR count). The second-order valence-corrected chi connectivity index (χ2v) is 9.86. The first-order valence-electron chi connectivity index (χ1n) is 13.3. The number of benzene rings is 2. The van der Waals surface area contributed by atoms with Crippen LogP contribution >= 0.6 is 0 Å². The van der Waals surface area contributed by atoms with Crippen LogP contribution in [0.15, 0.2) is 54.6 Å². The number of carbonyl (C=O) groups is 1. The predicted molar refractivity (Wildman–Crippen MR) is 143 cm³/mol. The fourth-order valence-electron chi connectivity index (χ4n) is 5.56. The number of piperazine rings is 1. The molecule has 2 unspecified atom stereocenters. The van der Waals surface area contributed by atoms with Crippen molar-refractivity contribution in [3.63, 3.8) is 0 Å². The van der Waals surface area contributed by atoms with Crippen LogP contribution in [0.25, 0.3) is 5.70 Å². The Labute approximate surface area is 214 Å². The minimum atomic E-state index is -0.117. The van der Waals surface area contributed by atoms with Gasteiger partial charge in [0.1, 0.15) is 0 Å². The van der Waals surface area contributed by atoms with Crippen LogP contribution in [-0.4, -0.2) is 74.4 Å². The van der Waals surface area contributed by atoms with Gasteiger partial charge >= 0.3 is 0 Å². The first-order chi connectivity index (χ1) is 17.7. The molecule has 0 radical (unpaired) electrons. The van der Waals surface area contributed by atoms with Crippen molar-refractivity contribution in [2.45, 2.75) is 32.7 Å². The number of rotatable bonds is 9. The lowest BCUT2D eigenvalue weighted by Crippen LogP contribution is -2.47. The van der Waals surface area contributed by atoms with Gasteiger partial charge in [-0.15, -0.1) is 0 Å². The van der Waals surface area contributed by atoms with Gasteiger partial charge in [-0.1, -0.05) is 43.3 Å². The molecule has 7 heteroatoms. The Bertz CT molecular complexity index is 1070. The lowest BCUT2D eigenvalue weighted by Gasteiger charge is -2.36. The zero-order chi connectivity index (χ0) is 24.9. The fourth-order valence-corrected chi connectivity index (χ4v) is 5.56. The molecule has 1 fully saturated rings. The molecule has 3 aliphatic rings. The van der Waals surface area contributed by atoms with Crippen molar-refractivity contribution in [1.82, 2.24) is 15.1 Å². The molecule has 0 aliphatic carbocycles. The standard InChI is InChI=1S/C29H38N4O3/c1-3-14-33-22(2)24(20-26(33)23-9-5-4-6-10-23)29(34)30-13-8-15-31-16-18-32(19-17-31)25-11-7-12-27-28(25)36-21-35-27/h4-7,9-12,20,22,24H,3,8,13-19,21H2,1-2H3,(H,30,34). The molecule has 1 N–H and O–H groups in total. The molecule has 0 spiro atoms. The van der Waals surface area contributed by atoms with Gasteiger partial charge in [0.2, 0.25) is 12.7 Å². The van der Waals surface area contributed by atoms with Crippen molar-refractivity contribution in [2.75, 3.05) is 57.5 Å². The molecule has 2 atom stereocenters. The topological polar surface area (TPSA) is 57.3 Å². The van der Waals surface area contributed by atoms with Crippen molar-refractivity contribution in [3.05, 3.63) is 60.2 Å². The van der Waals surface area contributed by atoms with Crippen molar-refractivity contribution in [1.29, 1.82) is 0 Å². The van der Waals surface area contributed by atoms with Gasteiger partial charge in [0.05, 0.1) is 11.6 Å². The SMILES string of the molecule is CCCN1C(c2ccccc2)=CC(C(=O)NCCCN2CCN(c3cccc4c3OCO4)CC2)C1C. The van der Waals surface area contributed by atoms with E-state index in [1.165, 1.54) is 11.3 Å². The van der Waals surface area contributed by atoms with E-state index >= 15 is 0 Å². The smallest absolute Gasteiger partial charge is 0.231 e. The molecule has 2 aromatic carbocycles. The van der Waals surface area contributed by atoms with Crippen LogP contribution in [0.1, 0.15) is 32.3 Å². The molecule has 3 aliphatic heterocycles. The number of hydrogen-bond acceptors (Lipinski definition) is 6. The van der Waals surface area contributed by atoms with Crippen LogP contribution in [0.2, 0.25) is 0 Å². The first kappa shape index (κ1) is 24.5. The number of hydrogen-bond donors (Lipinski definition) is 1. The molecule has 192 valence electrons. The summed E-state index contributed by atoms with van der Waals surface area (Å²) in [5.74, 6) is 1.73. The van der Waals surface area contributed by atoms with Gasteiger partial charge in [0, 0.05) is 51.0 Å². The van der Waals surface area contributed by atoms with E-state index < -0.39 is 0 Å². The van der Waals surface area contributed by atoms with Crippen LogP contribution < -0.4 is 19.7 Å². The largest absolute Gasteiger partial charge is 0.454 e. The molecule has 0 bridgehead atoms. The van der Waals surface area contributed by atoms with Crippen LogP contribution in [0.4, 0.5) is 5.69 Å². The molecule has 0 aromatic heterocycles. The van der Waals surface area contributed by atoms with Gasteiger partial charge in [-0.3, -0.25) is 9.69 Å². The van der Waals surface area contributed by atoms with Crippen molar-refractivity contribution < 1.29 is 14.3 Å². The number of para-hydroxylation sites is 1. The Hall–Kier alpha value is -3.19. The van der Waals surface area contributed by atoms with E-state index in [9.17, 15) is 4.79 Å². The lowest BCUT2D eigenvalue weighted by molar-refractivity contribution is -0.124. The minimum absolute atomic E-state index is 0.117. The van der Waals surface area contributed by atoms with Gasteiger partial charge in [-0.25, -0.2) is 0 Å². The third-order valence-corrected chi connectivity index (χ3v) is 7.53. The van der Waals surface area contributed by atoms with Crippen molar-refractivity contribution in [3.8, 4) is 11.5 Å². The van der Waals surface area contributed by atoms with Crippen LogP contribution in [0, 0.1) is 5.92 Å². The molecule has 2 aromatic rings. The number of fused-ring (bicyclic) bond motifs is 1. The second kappa shape index (κ2) is 11.2. The van der Waals surface area contributed by atoms with Crippen LogP contribution in [-0.2, 0) is 4.79 Å². The van der Waals surface area contributed by atoms with Gasteiger partial charge in [-0.2, -0.15) is 0 Å². The zero-order valence-electron chi connectivity index (χ0n) is 21.5. The normalized spacial score (nSPS) is 21.6. The summed E-state index contributed by atoms with van der Waals surface area (Å²) in [4.78, 5) is 20.4. The molecule has 3 heterocycles. The highest BCUT2D eigenvalue weighted by atomic mass is 16.7. The Morgan fingerprint density at radius 3 is 2.58 bits per heavy atom. The average molecular weight is 491 g/mol. The van der Waals surface area contributed by atoms with E-state index in [-0.39, 0.29) is 17.9 Å². The van der Waals surface area contributed by atoms with Crippen molar-refractivity contribution >= 4 is 17.3 Å².